The van der Waals surface area contributed by atoms with Gasteiger partial charge in [0.25, 0.3) is 0 Å². The molecule has 3 unspecified atom stereocenters. The SMILES string of the molecule is C.C.CC.CCC.CCC1(C)CC(C)CC(C)(C)C1.[2H]I(P)[I-]C.[2H]P(I)I. The topological polar surface area (TPSA) is 0 Å². The van der Waals surface area contributed by atoms with Crippen molar-refractivity contribution in [3.05, 3.63) is 0 Å². The molecule has 0 heterocycles. The van der Waals surface area contributed by atoms with E-state index >= 15 is 0 Å². The van der Waals surface area contributed by atoms with Crippen LogP contribution >= 0.6 is 71.3 Å². The van der Waals surface area contributed by atoms with Crippen molar-refractivity contribution >= 4 is 71.3 Å². The maximum Gasteiger partial charge on any atom is 0.0801 e. The monoisotopic (exact) mass is 865 g/mol. The smallest absolute Gasteiger partial charge is 0.0452 e. The summed E-state index contributed by atoms with van der Waals surface area (Å²) in [4.78, 5) is 2.17. The summed E-state index contributed by atoms with van der Waals surface area (Å²) in [6, 6.07) is 0. The minimum atomic E-state index is -1.01. The van der Waals surface area contributed by atoms with Gasteiger partial charge in [-0.15, -0.1) is 0 Å². The van der Waals surface area contributed by atoms with Gasteiger partial charge in [-0.2, -0.15) is 0 Å². The van der Waals surface area contributed by atoms with Crippen LogP contribution in [0.2, 0.25) is 0 Å². The third-order valence-corrected chi connectivity index (χ3v) is 14.6. The predicted molar refractivity (Wildman–Crippen MR) is 163 cm³/mol. The molecule has 1 rings (SSSR count). The second-order valence-corrected chi connectivity index (χ2v) is 32.9. The zero-order valence-corrected chi connectivity index (χ0v) is 28.3. The summed E-state index contributed by atoms with van der Waals surface area (Å²) < 4.78 is 13.2. The number of hydrogen-bond acceptors (Lipinski definition) is 0. The molecule has 1 aliphatic carbocycles. The van der Waals surface area contributed by atoms with E-state index in [-0.39, 0.29) is 14.9 Å². The minimum Gasteiger partial charge on any atom is -0.0452 e. The second-order valence-electron chi connectivity index (χ2n) is 7.01. The first-order valence-electron chi connectivity index (χ1n) is 9.69. The quantitative estimate of drug-likeness (QED) is 0.149. The van der Waals surface area contributed by atoms with Crippen molar-refractivity contribution in [3.8, 4) is 0 Å². The van der Waals surface area contributed by atoms with Gasteiger partial charge in [0.05, 0.1) is 1.28 Å². The van der Waals surface area contributed by atoms with Crippen LogP contribution in [0.15, 0.2) is 0 Å². The van der Waals surface area contributed by atoms with Gasteiger partial charge in [0.2, 0.25) is 0 Å². The van der Waals surface area contributed by atoms with Crippen molar-refractivity contribution in [1.82, 2.24) is 0 Å². The average molecular weight is 865 g/mol. The van der Waals surface area contributed by atoms with Crippen molar-refractivity contribution in [2.75, 3.05) is 4.93 Å². The van der Waals surface area contributed by atoms with Crippen molar-refractivity contribution in [1.29, 1.82) is 1.87 Å². The molecule has 1 saturated carbocycles. The summed E-state index contributed by atoms with van der Waals surface area (Å²) in [5, 5.41) is 0. The van der Waals surface area contributed by atoms with E-state index in [4.69, 9.17) is 1.87 Å². The fourth-order valence-corrected chi connectivity index (χ4v) is 3.43. The van der Waals surface area contributed by atoms with Crippen LogP contribution in [-0.4, -0.2) is 6.80 Å². The van der Waals surface area contributed by atoms with Crippen LogP contribution in [0.3, 0.4) is 0 Å². The van der Waals surface area contributed by atoms with Gasteiger partial charge in [0.1, 0.15) is 0 Å². The summed E-state index contributed by atoms with van der Waals surface area (Å²) in [5.41, 5.74) is 1.21. The Bertz CT molecular complexity index is 282. The molecule has 1 fully saturated rings. The molecule has 0 saturated heterocycles. The van der Waals surface area contributed by atoms with Gasteiger partial charge in [0.15, 0.2) is 0 Å². The van der Waals surface area contributed by atoms with Gasteiger partial charge in [-0.05, 0) is 80.1 Å². The van der Waals surface area contributed by atoms with E-state index in [2.05, 4.69) is 104 Å². The van der Waals surface area contributed by atoms with E-state index in [1.807, 2.05) is 13.8 Å². The molecular weight excluding hydrogens is 810 g/mol. The van der Waals surface area contributed by atoms with Crippen LogP contribution in [0.25, 0.3) is 0 Å². The van der Waals surface area contributed by atoms with Gasteiger partial charge in [-0.25, -0.2) is 0 Å². The van der Waals surface area contributed by atoms with Crippen LogP contribution in [-0.2, 0) is 0 Å². The minimum absolute atomic E-state index is 0. The number of rotatable bonds is 2. The van der Waals surface area contributed by atoms with Gasteiger partial charge in [-0.1, -0.05) is 90.0 Å². The molecule has 0 radical (unpaired) electrons. The van der Waals surface area contributed by atoms with E-state index in [0.717, 1.165) is 5.92 Å². The molecule has 0 amide bonds. The molecule has 0 N–H and O–H groups in total. The van der Waals surface area contributed by atoms with Crippen LogP contribution in [0, 0.1) is 16.7 Å². The van der Waals surface area contributed by atoms with E-state index in [9.17, 15) is 0 Å². The molecule has 0 aromatic carbocycles. The van der Waals surface area contributed by atoms with Gasteiger partial charge in [0, 0.05) is 3.81 Å². The molecule has 172 valence electrons. The second kappa shape index (κ2) is 31.0. The average Bonchev–Trinajstić information content (AvgIpc) is 2.47. The largest absolute Gasteiger partial charge is 0.0801 e. The van der Waals surface area contributed by atoms with Crippen LogP contribution in [0.4, 0.5) is 0 Å². The normalized spacial score (nSPS) is 23.8. The van der Waals surface area contributed by atoms with E-state index in [1.165, 1.54) is 32.1 Å². The molecular formula is C20H53I4P2-. The maximum atomic E-state index is 6.99. The molecule has 3 atom stereocenters. The zero-order valence-electron chi connectivity index (χ0n) is 19.6. The molecule has 0 nitrogen and oxygen atoms in total. The molecule has 0 aromatic heterocycles. The Kier molecular flexibility index (Phi) is 44.2. The van der Waals surface area contributed by atoms with Crippen molar-refractivity contribution < 1.29 is 17.2 Å². The Morgan fingerprint density at radius 1 is 1.19 bits per heavy atom. The Labute approximate surface area is 218 Å². The first-order valence-corrected chi connectivity index (χ1v) is 27.9. The fourth-order valence-electron chi connectivity index (χ4n) is 3.43. The third-order valence-electron chi connectivity index (χ3n) is 3.58. The number of alkyl halides is 1. The zero-order chi connectivity index (χ0) is 22.0. The molecule has 26 heavy (non-hydrogen) atoms. The van der Waals surface area contributed by atoms with E-state index in [0.29, 0.717) is 28.1 Å². The molecule has 6 heteroatoms. The first-order chi connectivity index (χ1) is 11.8. The number of halogens is 4. The van der Waals surface area contributed by atoms with Gasteiger partial charge < -0.3 is 0 Å². The van der Waals surface area contributed by atoms with Crippen molar-refractivity contribution in [2.45, 2.75) is 109 Å². The molecule has 0 aliphatic heterocycles. The molecule has 0 bridgehead atoms. The third kappa shape index (κ3) is 35.2. The maximum absolute atomic E-state index is 6.99. The summed E-state index contributed by atoms with van der Waals surface area (Å²) in [6.07, 6.45) is 6.87. The van der Waals surface area contributed by atoms with Crippen LogP contribution < -0.4 is 17.2 Å². The summed E-state index contributed by atoms with van der Waals surface area (Å²) in [5.74, 6) is 0.929. The Hall–Kier alpha value is 3.78. The molecule has 0 spiro atoms. The standard InChI is InChI=1S/C12H24.C3H8.C2H6.CH6I2P.2CH4.HI2P/c1-6-12(5)8-10(2)7-11(3,4)9-12;1-3-2;1-2;1-2-3-4;;;1-3-2/h10H,6-9H2,1-5H3;3H2,1-2H3;1-2H3;3H,4H2,1H3;2*1H4;3H/q;;;-1;;;/i;;;3D;;;3D. The summed E-state index contributed by atoms with van der Waals surface area (Å²) in [7, 11) is 0. The Morgan fingerprint density at radius 3 is 1.69 bits per heavy atom. The van der Waals surface area contributed by atoms with E-state index < -0.39 is 20.3 Å². The van der Waals surface area contributed by atoms with Crippen LogP contribution in [0.5, 0.6) is 0 Å². The molecule has 1 aliphatic rings. The first kappa shape index (κ1) is 37.1. The summed E-state index contributed by atoms with van der Waals surface area (Å²) in [6.45, 7) is 22.9. The van der Waals surface area contributed by atoms with Crippen molar-refractivity contribution in [2.24, 2.45) is 16.7 Å². The molecule has 0 aromatic rings. The predicted octanol–water partition coefficient (Wildman–Crippen LogP) is 8.44. The van der Waals surface area contributed by atoms with Gasteiger partial charge >= 0.3 is 46.1 Å². The fraction of sp³-hybridized carbons (Fsp3) is 1.00. The van der Waals surface area contributed by atoms with Crippen molar-refractivity contribution in [3.63, 3.8) is 0 Å². The van der Waals surface area contributed by atoms with Crippen LogP contribution in [0.1, 0.15) is 109 Å². The van der Waals surface area contributed by atoms with E-state index in [1.54, 1.807) is 0 Å². The number of hydrogen-bond donors (Lipinski definition) is 0. The Morgan fingerprint density at radius 2 is 1.50 bits per heavy atom. The Balaban J connectivity index is -0.0000000642. The summed E-state index contributed by atoms with van der Waals surface area (Å²) >= 11 is 3.45. The van der Waals surface area contributed by atoms with Gasteiger partial charge in [-0.3, -0.25) is 0 Å².